The van der Waals surface area contributed by atoms with Gasteiger partial charge in [-0.3, -0.25) is 19.0 Å². The van der Waals surface area contributed by atoms with E-state index in [0.29, 0.717) is 23.4 Å². The highest BCUT2D eigenvalue weighted by Gasteiger charge is 2.49. The summed E-state index contributed by atoms with van der Waals surface area (Å²) in [5.74, 6) is -0.557. The fourth-order valence-electron chi connectivity index (χ4n) is 3.68. The highest BCUT2D eigenvalue weighted by Crippen LogP contribution is 2.37. The summed E-state index contributed by atoms with van der Waals surface area (Å²) in [7, 11) is 0. The number of fused-ring (bicyclic) bond motifs is 1. The maximum Gasteiger partial charge on any atom is 0.303 e. The van der Waals surface area contributed by atoms with Crippen LogP contribution < -0.4 is 5.43 Å². The molecule has 0 aliphatic carbocycles. The van der Waals surface area contributed by atoms with E-state index >= 15 is 0 Å². The van der Waals surface area contributed by atoms with Gasteiger partial charge in [0.1, 0.15) is 12.4 Å². The Morgan fingerprint density at radius 1 is 1.06 bits per heavy atom. The predicted molar refractivity (Wildman–Crippen MR) is 106 cm³/mol. The molecule has 1 fully saturated rings. The van der Waals surface area contributed by atoms with Crippen molar-refractivity contribution in [1.82, 2.24) is 24.1 Å². The number of esters is 2. The van der Waals surface area contributed by atoms with Crippen LogP contribution >= 0.6 is 0 Å². The van der Waals surface area contributed by atoms with Crippen molar-refractivity contribution >= 4 is 23.1 Å². The second-order valence-corrected chi connectivity index (χ2v) is 7.08. The first-order valence-electron chi connectivity index (χ1n) is 9.75. The summed E-state index contributed by atoms with van der Waals surface area (Å²) in [5.41, 5.74) is 0.766. The fraction of sp³-hybridized carbons (Fsp3) is 0.400. The maximum atomic E-state index is 11.8. The zero-order chi connectivity index (χ0) is 22.1. The fourth-order valence-corrected chi connectivity index (χ4v) is 3.68. The summed E-state index contributed by atoms with van der Waals surface area (Å²) in [6.07, 6.45) is 3.65. The Kier molecular flexibility index (Phi) is 5.51. The van der Waals surface area contributed by atoms with Gasteiger partial charge in [0.15, 0.2) is 40.8 Å². The van der Waals surface area contributed by atoms with Crippen molar-refractivity contribution in [2.75, 3.05) is 0 Å². The van der Waals surface area contributed by atoms with E-state index in [0.717, 1.165) is 0 Å². The number of ether oxygens (including phenoxy) is 3. The van der Waals surface area contributed by atoms with Crippen molar-refractivity contribution < 1.29 is 23.8 Å². The van der Waals surface area contributed by atoms with Gasteiger partial charge in [-0.25, -0.2) is 15.0 Å². The van der Waals surface area contributed by atoms with E-state index in [1.807, 2.05) is 6.92 Å². The van der Waals surface area contributed by atoms with Crippen LogP contribution in [-0.4, -0.2) is 54.3 Å². The predicted octanol–water partition coefficient (Wildman–Crippen LogP) is 1.15. The second-order valence-electron chi connectivity index (χ2n) is 7.08. The monoisotopic (exact) mass is 427 g/mol. The quantitative estimate of drug-likeness (QED) is 0.551. The highest BCUT2D eigenvalue weighted by atomic mass is 16.6. The van der Waals surface area contributed by atoms with E-state index in [-0.39, 0.29) is 5.43 Å². The van der Waals surface area contributed by atoms with Crippen LogP contribution in [0.2, 0.25) is 0 Å². The van der Waals surface area contributed by atoms with Crippen molar-refractivity contribution in [3.63, 3.8) is 0 Å². The summed E-state index contributed by atoms with van der Waals surface area (Å²) >= 11 is 0. The molecule has 0 amide bonds. The molecular formula is C20H21N5O6. The molecule has 162 valence electrons. The molecule has 3 aromatic heterocycles. The van der Waals surface area contributed by atoms with Crippen LogP contribution in [0.1, 0.15) is 33.4 Å². The van der Waals surface area contributed by atoms with Gasteiger partial charge in [-0.1, -0.05) is 6.92 Å². The SMILES string of the molecule is CC[C@H]1O[C@@H](n2cnc3c(-n4ccc(=O)cc4)ncnc32)[C@@H](OC(C)=O)C1OC(C)=O. The summed E-state index contributed by atoms with van der Waals surface area (Å²) in [6.45, 7) is 4.46. The number of hydrogen-bond acceptors (Lipinski definition) is 9. The molecule has 3 aromatic rings. The van der Waals surface area contributed by atoms with Gasteiger partial charge in [-0.15, -0.1) is 0 Å². The third-order valence-corrected chi connectivity index (χ3v) is 4.95. The van der Waals surface area contributed by atoms with Crippen LogP contribution in [0.25, 0.3) is 17.0 Å². The van der Waals surface area contributed by atoms with E-state index in [2.05, 4.69) is 15.0 Å². The Hall–Kier alpha value is -3.60. The van der Waals surface area contributed by atoms with E-state index < -0.39 is 36.5 Å². The number of pyridine rings is 1. The lowest BCUT2D eigenvalue weighted by molar-refractivity contribution is -0.165. The third kappa shape index (κ3) is 3.91. The van der Waals surface area contributed by atoms with Crippen LogP contribution in [0.4, 0.5) is 0 Å². The van der Waals surface area contributed by atoms with Crippen LogP contribution in [0, 0.1) is 0 Å². The molecule has 11 heteroatoms. The molecule has 4 atom stereocenters. The molecular weight excluding hydrogens is 406 g/mol. The smallest absolute Gasteiger partial charge is 0.303 e. The van der Waals surface area contributed by atoms with Gasteiger partial charge in [-0.05, 0) is 6.42 Å². The Labute approximate surface area is 176 Å². The average Bonchev–Trinajstić information content (AvgIpc) is 3.29. The third-order valence-electron chi connectivity index (χ3n) is 4.95. The molecule has 1 unspecified atom stereocenters. The van der Waals surface area contributed by atoms with Gasteiger partial charge in [0, 0.05) is 38.4 Å². The number of hydrogen-bond donors (Lipinski definition) is 0. The van der Waals surface area contributed by atoms with E-state index in [9.17, 15) is 14.4 Å². The van der Waals surface area contributed by atoms with E-state index in [1.165, 1.54) is 38.6 Å². The summed E-state index contributed by atoms with van der Waals surface area (Å²) in [5, 5.41) is 0. The number of imidazole rings is 1. The van der Waals surface area contributed by atoms with Crippen molar-refractivity contribution in [1.29, 1.82) is 0 Å². The molecule has 4 rings (SSSR count). The number of rotatable bonds is 5. The molecule has 1 aliphatic heterocycles. The number of aromatic nitrogens is 5. The normalized spacial score (nSPS) is 23.1. The van der Waals surface area contributed by atoms with Crippen molar-refractivity contribution in [2.45, 2.75) is 51.7 Å². The van der Waals surface area contributed by atoms with Crippen molar-refractivity contribution in [3.05, 3.63) is 47.4 Å². The first kappa shape index (κ1) is 20.7. The van der Waals surface area contributed by atoms with Gasteiger partial charge >= 0.3 is 11.9 Å². The molecule has 0 N–H and O–H groups in total. The number of nitrogens with zero attached hydrogens (tertiary/aromatic N) is 5. The lowest BCUT2D eigenvalue weighted by atomic mass is 10.1. The molecule has 0 radical (unpaired) electrons. The van der Waals surface area contributed by atoms with Crippen LogP contribution in [0.5, 0.6) is 0 Å². The van der Waals surface area contributed by atoms with E-state index in [4.69, 9.17) is 14.2 Å². The Morgan fingerprint density at radius 2 is 1.74 bits per heavy atom. The Morgan fingerprint density at radius 3 is 2.39 bits per heavy atom. The molecule has 31 heavy (non-hydrogen) atoms. The summed E-state index contributed by atoms with van der Waals surface area (Å²) < 4.78 is 20.3. The van der Waals surface area contributed by atoms with Crippen molar-refractivity contribution in [2.24, 2.45) is 0 Å². The van der Waals surface area contributed by atoms with Gasteiger partial charge in [0.25, 0.3) is 0 Å². The summed E-state index contributed by atoms with van der Waals surface area (Å²) in [4.78, 5) is 47.9. The summed E-state index contributed by atoms with van der Waals surface area (Å²) in [6, 6.07) is 2.83. The number of carbonyl (C=O) groups excluding carboxylic acids is 2. The molecule has 0 aromatic carbocycles. The van der Waals surface area contributed by atoms with E-state index in [1.54, 1.807) is 21.5 Å². The first-order chi connectivity index (χ1) is 14.9. The Bertz CT molecular complexity index is 1170. The lowest BCUT2D eigenvalue weighted by Gasteiger charge is -2.23. The molecule has 0 bridgehead atoms. The van der Waals surface area contributed by atoms with Gasteiger partial charge in [0.05, 0.1) is 6.33 Å². The standard InChI is InChI=1S/C20H21N5O6/c1-4-14-16(29-11(2)26)17(30-12(3)27)20(31-14)25-10-23-15-18(21-9-22-19(15)25)24-7-5-13(28)6-8-24/h5-10,14,16-17,20H,4H2,1-3H3/t14-,16?,17+,20-/m1/s1. The molecule has 0 saturated carbocycles. The van der Waals surface area contributed by atoms with Gasteiger partial charge in [-0.2, -0.15) is 0 Å². The van der Waals surface area contributed by atoms with Gasteiger partial charge in [0.2, 0.25) is 0 Å². The Balaban J connectivity index is 1.78. The molecule has 0 spiro atoms. The minimum Gasteiger partial charge on any atom is -0.456 e. The minimum absolute atomic E-state index is 0.127. The zero-order valence-corrected chi connectivity index (χ0v) is 17.2. The topological polar surface area (TPSA) is 127 Å². The lowest BCUT2D eigenvalue weighted by Crippen LogP contribution is -2.38. The molecule has 1 aliphatic rings. The average molecular weight is 427 g/mol. The minimum atomic E-state index is -0.880. The van der Waals surface area contributed by atoms with Gasteiger partial charge < -0.3 is 18.8 Å². The molecule has 1 saturated heterocycles. The largest absolute Gasteiger partial charge is 0.456 e. The molecule has 11 nitrogen and oxygen atoms in total. The number of carbonyl (C=O) groups is 2. The molecule has 4 heterocycles. The first-order valence-corrected chi connectivity index (χ1v) is 9.75. The van der Waals surface area contributed by atoms with Crippen molar-refractivity contribution in [3.8, 4) is 5.82 Å². The maximum absolute atomic E-state index is 11.8. The van der Waals surface area contributed by atoms with Crippen LogP contribution in [0.15, 0.2) is 42.0 Å². The van der Waals surface area contributed by atoms with Crippen LogP contribution in [0.3, 0.4) is 0 Å². The second kappa shape index (κ2) is 8.26. The zero-order valence-electron chi connectivity index (χ0n) is 17.2. The highest BCUT2D eigenvalue weighted by molar-refractivity contribution is 5.78. The van der Waals surface area contributed by atoms with Crippen LogP contribution in [-0.2, 0) is 23.8 Å².